The van der Waals surface area contributed by atoms with Crippen LogP contribution in [0.25, 0.3) is 10.6 Å². The van der Waals surface area contributed by atoms with Crippen LogP contribution in [0.4, 0.5) is 10.8 Å². The average molecular weight is 255 g/mol. The van der Waals surface area contributed by atoms with Crippen molar-refractivity contribution in [3.63, 3.8) is 0 Å². The van der Waals surface area contributed by atoms with Crippen molar-refractivity contribution in [2.75, 3.05) is 25.3 Å². The van der Waals surface area contributed by atoms with E-state index in [9.17, 15) is 0 Å². The van der Waals surface area contributed by atoms with Crippen molar-refractivity contribution < 1.29 is 0 Å². The number of nitrogens with one attached hydrogen (secondary N) is 1. The molecule has 0 aromatic carbocycles. The molecule has 0 saturated heterocycles. The van der Waals surface area contributed by atoms with E-state index in [0.717, 1.165) is 21.3 Å². The van der Waals surface area contributed by atoms with Crippen LogP contribution in [-0.4, -0.2) is 28.5 Å². The Morgan fingerprint density at radius 2 is 2.19 bits per heavy atom. The molecular weight excluding hydrogens is 242 g/mol. The molecule has 0 aliphatic carbocycles. The van der Waals surface area contributed by atoms with Gasteiger partial charge in [0.05, 0.1) is 5.56 Å². The highest BCUT2D eigenvalue weighted by Crippen LogP contribution is 2.38. The molecule has 3 N–H and O–H groups in total. The van der Waals surface area contributed by atoms with Gasteiger partial charge < -0.3 is 11.2 Å². The van der Waals surface area contributed by atoms with Crippen molar-refractivity contribution >= 4 is 33.7 Å². The molecule has 0 unspecified atom stereocenters. The maximum absolute atomic E-state index is 5.87. The normalized spacial score (nSPS) is 11.0. The van der Waals surface area contributed by atoms with Gasteiger partial charge in [0.25, 0.3) is 0 Å². The molecule has 0 radical (unpaired) electrons. The van der Waals surface area contributed by atoms with E-state index in [4.69, 9.17) is 5.73 Å². The number of hydrogen-bond acceptors (Lipinski definition) is 7. The van der Waals surface area contributed by atoms with Gasteiger partial charge in [-0.3, -0.25) is 0 Å². The summed E-state index contributed by atoms with van der Waals surface area (Å²) in [5.74, 6) is 0.531. The largest absolute Gasteiger partial charge is 0.382 e. The van der Waals surface area contributed by atoms with Crippen molar-refractivity contribution in [3.8, 4) is 10.6 Å². The highest BCUT2D eigenvalue weighted by atomic mass is 32.1. The summed E-state index contributed by atoms with van der Waals surface area (Å²) in [6, 6.07) is 0. The van der Waals surface area contributed by atoms with E-state index in [2.05, 4.69) is 14.8 Å². The zero-order chi connectivity index (χ0) is 11.7. The van der Waals surface area contributed by atoms with Crippen LogP contribution < -0.4 is 11.2 Å². The van der Waals surface area contributed by atoms with E-state index in [1.165, 1.54) is 11.5 Å². The highest BCUT2D eigenvalue weighted by molar-refractivity contribution is 7.15. The molecule has 86 valence electrons. The summed E-state index contributed by atoms with van der Waals surface area (Å²) >= 11 is 2.93. The molecular formula is C9H13N5S2. The number of nitrogen functional groups attached to an aromatic ring is 1. The smallest absolute Gasteiger partial charge is 0.149 e. The third-order valence-corrected chi connectivity index (χ3v) is 3.62. The Bertz CT molecular complexity index is 488. The number of aromatic nitrogens is 2. The van der Waals surface area contributed by atoms with Gasteiger partial charge in [-0.05, 0) is 18.5 Å². The monoisotopic (exact) mass is 255 g/mol. The standard InChI is InChI=1S/C9H13N5S2/c1-5-4-15-8(11-5)6-7(10)13-16-9(6)12-14(2)3/h4,12H,1-3H3,(H2,10,13). The minimum Gasteiger partial charge on any atom is -0.382 e. The highest BCUT2D eigenvalue weighted by Gasteiger charge is 2.16. The van der Waals surface area contributed by atoms with Crippen molar-refractivity contribution in [1.82, 2.24) is 14.4 Å². The molecule has 2 aromatic rings. The fourth-order valence-corrected chi connectivity index (χ4v) is 2.97. The van der Waals surface area contributed by atoms with Crippen LogP contribution in [0.1, 0.15) is 5.69 Å². The number of rotatable bonds is 3. The van der Waals surface area contributed by atoms with Crippen LogP contribution in [0.3, 0.4) is 0 Å². The van der Waals surface area contributed by atoms with E-state index < -0.39 is 0 Å². The zero-order valence-electron chi connectivity index (χ0n) is 9.31. The molecule has 0 fully saturated rings. The van der Waals surface area contributed by atoms with E-state index in [-0.39, 0.29) is 0 Å². The van der Waals surface area contributed by atoms with Gasteiger partial charge in [-0.2, -0.15) is 4.37 Å². The summed E-state index contributed by atoms with van der Waals surface area (Å²) in [4.78, 5) is 4.43. The Hall–Kier alpha value is -1.18. The molecule has 0 aliphatic rings. The second-order valence-corrected chi connectivity index (χ2v) is 5.20. The second kappa shape index (κ2) is 4.36. The molecule has 2 rings (SSSR count). The van der Waals surface area contributed by atoms with Crippen LogP contribution >= 0.6 is 22.9 Å². The Labute approximate surface area is 102 Å². The Morgan fingerprint density at radius 3 is 2.75 bits per heavy atom. The van der Waals surface area contributed by atoms with Crippen LogP contribution in [0, 0.1) is 6.92 Å². The van der Waals surface area contributed by atoms with E-state index in [1.807, 2.05) is 31.4 Å². The molecule has 16 heavy (non-hydrogen) atoms. The Kier molecular flexibility index (Phi) is 3.08. The number of aryl methyl sites for hydroxylation is 1. The van der Waals surface area contributed by atoms with E-state index in [0.29, 0.717) is 5.82 Å². The summed E-state index contributed by atoms with van der Waals surface area (Å²) < 4.78 is 4.15. The number of hydrogen-bond donors (Lipinski definition) is 2. The first-order valence-electron chi connectivity index (χ1n) is 4.69. The maximum Gasteiger partial charge on any atom is 0.149 e. The first-order chi connectivity index (χ1) is 7.58. The molecule has 7 heteroatoms. The van der Waals surface area contributed by atoms with Crippen molar-refractivity contribution in [2.45, 2.75) is 6.92 Å². The van der Waals surface area contributed by atoms with Crippen LogP contribution in [0.5, 0.6) is 0 Å². The molecule has 0 saturated carbocycles. The first-order valence-corrected chi connectivity index (χ1v) is 6.35. The number of nitrogens with two attached hydrogens (primary N) is 1. The summed E-state index contributed by atoms with van der Waals surface area (Å²) in [5, 5.41) is 5.70. The third kappa shape index (κ3) is 2.16. The molecule has 0 amide bonds. The Balaban J connectivity index is 2.42. The first kappa shape index (κ1) is 11.3. The van der Waals surface area contributed by atoms with Crippen molar-refractivity contribution in [3.05, 3.63) is 11.1 Å². The predicted molar refractivity (Wildman–Crippen MR) is 69.7 cm³/mol. The lowest BCUT2D eigenvalue weighted by Gasteiger charge is -2.11. The summed E-state index contributed by atoms with van der Waals surface area (Å²) in [7, 11) is 3.85. The topological polar surface area (TPSA) is 67.1 Å². The molecule has 2 heterocycles. The number of anilines is 2. The third-order valence-electron chi connectivity index (χ3n) is 1.88. The zero-order valence-corrected chi connectivity index (χ0v) is 10.9. The summed E-state index contributed by atoms with van der Waals surface area (Å²) in [6.45, 7) is 1.97. The molecule has 5 nitrogen and oxygen atoms in total. The fraction of sp³-hybridized carbons (Fsp3) is 0.333. The van der Waals surface area contributed by atoms with Gasteiger partial charge in [0.2, 0.25) is 0 Å². The van der Waals surface area contributed by atoms with E-state index >= 15 is 0 Å². The lowest BCUT2D eigenvalue weighted by molar-refractivity contribution is 0.497. The van der Waals surface area contributed by atoms with Gasteiger partial charge in [-0.15, -0.1) is 11.3 Å². The molecule has 0 bridgehead atoms. The lowest BCUT2D eigenvalue weighted by Crippen LogP contribution is -2.19. The number of nitrogens with zero attached hydrogens (tertiary/aromatic N) is 3. The van der Waals surface area contributed by atoms with E-state index in [1.54, 1.807) is 11.3 Å². The van der Waals surface area contributed by atoms with Crippen LogP contribution in [0.15, 0.2) is 5.38 Å². The van der Waals surface area contributed by atoms with Gasteiger partial charge in [-0.25, -0.2) is 9.99 Å². The Morgan fingerprint density at radius 1 is 1.44 bits per heavy atom. The molecule has 0 aliphatic heterocycles. The van der Waals surface area contributed by atoms with Crippen molar-refractivity contribution in [1.29, 1.82) is 0 Å². The summed E-state index contributed by atoms with van der Waals surface area (Å²) in [6.07, 6.45) is 0. The summed E-state index contributed by atoms with van der Waals surface area (Å²) in [5.41, 5.74) is 10.9. The maximum atomic E-state index is 5.87. The van der Waals surface area contributed by atoms with Gasteiger partial charge in [0.1, 0.15) is 15.8 Å². The van der Waals surface area contributed by atoms with Crippen molar-refractivity contribution in [2.24, 2.45) is 0 Å². The minimum absolute atomic E-state index is 0.531. The van der Waals surface area contributed by atoms with Gasteiger partial charge in [0, 0.05) is 25.2 Å². The molecule has 2 aromatic heterocycles. The minimum atomic E-state index is 0.531. The molecule has 0 spiro atoms. The van der Waals surface area contributed by atoms with Gasteiger partial charge in [0.15, 0.2) is 0 Å². The number of thiazole rings is 1. The van der Waals surface area contributed by atoms with Crippen LogP contribution in [-0.2, 0) is 0 Å². The SMILES string of the molecule is Cc1csc(-c2c(N)nsc2NN(C)C)n1. The average Bonchev–Trinajstić information content (AvgIpc) is 2.73. The quantitative estimate of drug-likeness (QED) is 0.822. The van der Waals surface area contributed by atoms with Gasteiger partial charge in [-0.1, -0.05) is 0 Å². The molecule has 0 atom stereocenters. The fourth-order valence-electron chi connectivity index (χ4n) is 1.26. The lowest BCUT2D eigenvalue weighted by atomic mass is 10.3. The predicted octanol–water partition coefficient (Wildman–Crippen LogP) is 2.05. The van der Waals surface area contributed by atoms with Crippen LogP contribution in [0.2, 0.25) is 0 Å². The second-order valence-electron chi connectivity index (χ2n) is 3.57. The van der Waals surface area contributed by atoms with Gasteiger partial charge >= 0.3 is 0 Å². The number of hydrazine groups is 1.